The highest BCUT2D eigenvalue weighted by Gasteiger charge is 2.20. The van der Waals surface area contributed by atoms with Gasteiger partial charge in [0.1, 0.15) is 0 Å². The van der Waals surface area contributed by atoms with Crippen LogP contribution in [0, 0.1) is 0 Å². The van der Waals surface area contributed by atoms with Crippen LogP contribution in [0.4, 0.5) is 8.78 Å². The van der Waals surface area contributed by atoms with Gasteiger partial charge in [0.05, 0.1) is 6.26 Å². The van der Waals surface area contributed by atoms with Crippen molar-refractivity contribution >= 4 is 23.8 Å². The van der Waals surface area contributed by atoms with Crippen LogP contribution >= 0.6 is 23.8 Å². The van der Waals surface area contributed by atoms with Crippen molar-refractivity contribution in [3.63, 3.8) is 0 Å². The predicted molar refractivity (Wildman–Crippen MR) is 36.1 cm³/mol. The van der Waals surface area contributed by atoms with Gasteiger partial charge in [0.15, 0.2) is 0 Å². The second kappa shape index (κ2) is 3.62. The molecular weight excluding hydrogens is 249 g/mol. The number of phosphoric acid groups is 1. The number of hydrogen-bond donors (Lipinski definition) is 2. The van der Waals surface area contributed by atoms with E-state index in [-0.39, 0.29) is 12.3 Å². The molecule has 0 fully saturated rings. The Balaban J connectivity index is 3.90. The maximum Gasteiger partial charge on any atom is 0.524 e. The molecule has 0 spiro atoms. The normalized spacial score (nSPS) is 13.9. The highest BCUT2D eigenvalue weighted by atomic mass is 79.9. The van der Waals surface area contributed by atoms with Crippen molar-refractivity contribution in [3.8, 4) is 0 Å². The standard InChI is InChI=1S/C3H4BrF2O4P/c4-3(5,6)1-2-10-11(7,8)9/h1-2H,(H2,7,8,9). The molecule has 0 unspecified atom stereocenters. The molecule has 0 rings (SSSR count). The lowest BCUT2D eigenvalue weighted by Gasteiger charge is -2.02. The van der Waals surface area contributed by atoms with Crippen LogP contribution in [0.5, 0.6) is 0 Å². The smallest absolute Gasteiger partial charge is 0.412 e. The quantitative estimate of drug-likeness (QED) is 0.455. The molecule has 0 aliphatic carbocycles. The average molecular weight is 253 g/mol. The fourth-order valence-electron chi connectivity index (χ4n) is 0.187. The number of alkyl halides is 3. The van der Waals surface area contributed by atoms with Gasteiger partial charge < -0.3 is 4.52 Å². The zero-order valence-electron chi connectivity index (χ0n) is 4.95. The van der Waals surface area contributed by atoms with Crippen LogP contribution in [-0.4, -0.2) is 14.6 Å². The van der Waals surface area contributed by atoms with E-state index in [0.717, 1.165) is 0 Å². The van der Waals surface area contributed by atoms with Crippen molar-refractivity contribution in [2.24, 2.45) is 0 Å². The Kier molecular flexibility index (Phi) is 3.63. The molecule has 0 saturated carbocycles. The second-order valence-corrected chi connectivity index (χ2v) is 3.69. The zero-order valence-corrected chi connectivity index (χ0v) is 7.43. The van der Waals surface area contributed by atoms with E-state index in [2.05, 4.69) is 4.52 Å². The van der Waals surface area contributed by atoms with Gasteiger partial charge in [-0.2, -0.15) is 8.78 Å². The summed E-state index contributed by atoms with van der Waals surface area (Å²) >= 11 is 1.89. The van der Waals surface area contributed by atoms with Gasteiger partial charge in [-0.3, -0.25) is 9.79 Å². The van der Waals surface area contributed by atoms with E-state index < -0.39 is 12.7 Å². The van der Waals surface area contributed by atoms with Gasteiger partial charge in [-0.05, 0) is 15.9 Å². The third-order valence-electron chi connectivity index (χ3n) is 0.455. The van der Waals surface area contributed by atoms with Gasteiger partial charge in [-0.15, -0.1) is 0 Å². The van der Waals surface area contributed by atoms with Crippen LogP contribution in [0.25, 0.3) is 0 Å². The number of rotatable bonds is 3. The summed E-state index contributed by atoms with van der Waals surface area (Å²) < 4.78 is 37.0. The number of halogens is 3. The monoisotopic (exact) mass is 252 g/mol. The van der Waals surface area contributed by atoms with Crippen molar-refractivity contribution in [1.29, 1.82) is 0 Å². The lowest BCUT2D eigenvalue weighted by atomic mass is 10.7. The lowest BCUT2D eigenvalue weighted by Crippen LogP contribution is -1.97. The molecule has 0 aromatic rings. The summed E-state index contributed by atoms with van der Waals surface area (Å²) in [6.07, 6.45) is 0.390. The van der Waals surface area contributed by atoms with Crippen LogP contribution in [0.3, 0.4) is 0 Å². The summed E-state index contributed by atoms with van der Waals surface area (Å²) in [6, 6.07) is 0. The molecule has 2 N–H and O–H groups in total. The van der Waals surface area contributed by atoms with Crippen molar-refractivity contribution < 1.29 is 27.7 Å². The zero-order chi connectivity index (χ0) is 9.12. The first-order valence-corrected chi connectivity index (χ1v) is 4.51. The fraction of sp³-hybridized carbons (Fsp3) is 0.333. The highest BCUT2D eigenvalue weighted by Crippen LogP contribution is 2.36. The number of hydrogen-bond acceptors (Lipinski definition) is 2. The summed E-state index contributed by atoms with van der Waals surface area (Å²) in [5, 5.41) is 0. The van der Waals surface area contributed by atoms with Gasteiger partial charge in [0.2, 0.25) is 0 Å². The van der Waals surface area contributed by atoms with Gasteiger partial charge in [-0.1, -0.05) is 0 Å². The van der Waals surface area contributed by atoms with Crippen molar-refractivity contribution in [2.45, 2.75) is 4.83 Å². The van der Waals surface area contributed by atoms with Crippen LogP contribution in [-0.2, 0) is 9.09 Å². The van der Waals surface area contributed by atoms with Gasteiger partial charge in [-0.25, -0.2) is 4.57 Å². The molecule has 0 aliphatic rings. The van der Waals surface area contributed by atoms with E-state index in [1.165, 1.54) is 0 Å². The molecule has 11 heavy (non-hydrogen) atoms. The van der Waals surface area contributed by atoms with Crippen LogP contribution in [0.2, 0.25) is 0 Å². The topological polar surface area (TPSA) is 66.8 Å². The first-order chi connectivity index (χ1) is 4.71. The molecule has 0 aromatic carbocycles. The van der Waals surface area contributed by atoms with Crippen molar-refractivity contribution in [3.05, 3.63) is 12.3 Å². The van der Waals surface area contributed by atoms with Crippen LogP contribution in [0.15, 0.2) is 12.3 Å². The van der Waals surface area contributed by atoms with Crippen LogP contribution in [0.1, 0.15) is 0 Å². The number of phosphoric ester groups is 1. The third-order valence-corrected chi connectivity index (χ3v) is 1.12. The molecule has 0 aliphatic heterocycles. The Morgan fingerprint density at radius 2 is 2.00 bits per heavy atom. The summed E-state index contributed by atoms with van der Waals surface area (Å²) in [4.78, 5) is 12.7. The highest BCUT2D eigenvalue weighted by molar-refractivity contribution is 9.10. The maximum absolute atomic E-state index is 11.8. The van der Waals surface area contributed by atoms with E-state index in [0.29, 0.717) is 0 Å². The Morgan fingerprint density at radius 1 is 1.55 bits per heavy atom. The average Bonchev–Trinajstić information content (AvgIpc) is 1.55. The third kappa shape index (κ3) is 10.0. The van der Waals surface area contributed by atoms with Gasteiger partial charge >= 0.3 is 12.7 Å². The van der Waals surface area contributed by atoms with Gasteiger partial charge in [0.25, 0.3) is 0 Å². The number of allylic oxidation sites excluding steroid dienone is 1. The maximum atomic E-state index is 11.8. The van der Waals surface area contributed by atoms with Crippen molar-refractivity contribution in [2.75, 3.05) is 0 Å². The molecule has 4 nitrogen and oxygen atoms in total. The van der Waals surface area contributed by atoms with E-state index in [9.17, 15) is 13.3 Å². The van der Waals surface area contributed by atoms with E-state index >= 15 is 0 Å². The molecule has 0 radical (unpaired) electrons. The Labute approximate surface area is 69.2 Å². The Bertz CT molecular complexity index is 194. The lowest BCUT2D eigenvalue weighted by molar-refractivity contribution is 0.167. The molecule has 66 valence electrons. The molecule has 0 heterocycles. The first kappa shape index (κ1) is 11.0. The molecule has 0 amide bonds. The molecule has 0 saturated heterocycles. The largest absolute Gasteiger partial charge is 0.524 e. The Hall–Kier alpha value is 0.0300. The summed E-state index contributed by atoms with van der Waals surface area (Å²) in [7, 11) is -4.69. The molecule has 0 aromatic heterocycles. The summed E-state index contributed by atoms with van der Waals surface area (Å²) in [6.45, 7) is 0. The first-order valence-electron chi connectivity index (χ1n) is 2.19. The summed E-state index contributed by atoms with van der Waals surface area (Å²) in [5.74, 6) is 0. The van der Waals surface area contributed by atoms with E-state index in [1.807, 2.05) is 15.9 Å². The van der Waals surface area contributed by atoms with Crippen molar-refractivity contribution in [1.82, 2.24) is 0 Å². The molecular formula is C3H4BrF2O4P. The predicted octanol–water partition coefficient (Wildman–Crippen LogP) is 1.60. The SMILES string of the molecule is O=P(O)(O)OC=CC(F)(F)Br. The molecule has 0 atom stereocenters. The minimum absolute atomic E-state index is 0.159. The fourth-order valence-corrected chi connectivity index (χ4v) is 0.514. The minimum atomic E-state index is -4.69. The van der Waals surface area contributed by atoms with E-state index in [4.69, 9.17) is 9.79 Å². The second-order valence-electron chi connectivity index (χ2n) is 1.44. The van der Waals surface area contributed by atoms with Crippen LogP contribution < -0.4 is 0 Å². The van der Waals surface area contributed by atoms with E-state index in [1.54, 1.807) is 0 Å². The Morgan fingerprint density at radius 3 is 2.27 bits per heavy atom. The van der Waals surface area contributed by atoms with Gasteiger partial charge in [0, 0.05) is 6.08 Å². The molecule has 0 bridgehead atoms. The summed E-state index contributed by atoms with van der Waals surface area (Å²) in [5.41, 5.74) is 0. The minimum Gasteiger partial charge on any atom is -0.412 e. The molecule has 8 heteroatoms.